The van der Waals surface area contributed by atoms with Crippen LogP contribution in [0, 0.1) is 6.92 Å². The lowest BCUT2D eigenvalue weighted by molar-refractivity contribution is -0.115. The molecule has 1 aromatic carbocycles. The standard InChI is InChI=1S/C18H17N3O2S2/c1-3-15(22)20-12-6-4-7-13(10-12)21-17(23)16-11(2)19-18(25-16)14-8-5-9-24-14/h4-10H,3H2,1-2H3,(H,20,22)(H,21,23). The van der Waals surface area contributed by atoms with Crippen LogP contribution in [0.15, 0.2) is 41.8 Å². The van der Waals surface area contributed by atoms with Crippen LogP contribution in [0.3, 0.4) is 0 Å². The van der Waals surface area contributed by atoms with Gasteiger partial charge in [-0.05, 0) is 36.6 Å². The predicted molar refractivity (Wildman–Crippen MR) is 103 cm³/mol. The number of nitrogens with zero attached hydrogens (tertiary/aromatic N) is 1. The summed E-state index contributed by atoms with van der Waals surface area (Å²) in [4.78, 5) is 30.2. The molecule has 0 radical (unpaired) electrons. The van der Waals surface area contributed by atoms with Gasteiger partial charge in [0.25, 0.3) is 5.91 Å². The second-order valence-corrected chi connectivity index (χ2v) is 7.29. The molecule has 0 bridgehead atoms. The third-order valence-electron chi connectivity index (χ3n) is 3.46. The van der Waals surface area contributed by atoms with Crippen LogP contribution in [0.1, 0.15) is 28.7 Å². The Hall–Kier alpha value is -2.51. The number of aryl methyl sites for hydroxylation is 1. The van der Waals surface area contributed by atoms with E-state index in [1.807, 2.05) is 24.4 Å². The van der Waals surface area contributed by atoms with Crippen molar-refractivity contribution >= 4 is 45.9 Å². The summed E-state index contributed by atoms with van der Waals surface area (Å²) in [5.74, 6) is -0.265. The van der Waals surface area contributed by atoms with Gasteiger partial charge in [0.1, 0.15) is 9.88 Å². The highest BCUT2D eigenvalue weighted by Gasteiger charge is 2.17. The number of anilines is 2. The number of hydrogen-bond donors (Lipinski definition) is 2. The monoisotopic (exact) mass is 371 g/mol. The SMILES string of the molecule is CCC(=O)Nc1cccc(NC(=O)c2sc(-c3cccs3)nc2C)c1. The van der Waals surface area contributed by atoms with Gasteiger partial charge in [-0.15, -0.1) is 22.7 Å². The van der Waals surface area contributed by atoms with Crippen LogP contribution in [-0.4, -0.2) is 16.8 Å². The minimum absolute atomic E-state index is 0.0673. The second-order valence-electron chi connectivity index (χ2n) is 5.35. The minimum Gasteiger partial charge on any atom is -0.326 e. The number of carbonyl (C=O) groups is 2. The van der Waals surface area contributed by atoms with E-state index in [4.69, 9.17) is 0 Å². The smallest absolute Gasteiger partial charge is 0.267 e. The van der Waals surface area contributed by atoms with Gasteiger partial charge in [0.05, 0.1) is 10.6 Å². The number of aromatic nitrogens is 1. The van der Waals surface area contributed by atoms with Gasteiger partial charge in [-0.25, -0.2) is 4.98 Å². The van der Waals surface area contributed by atoms with Crippen molar-refractivity contribution in [1.29, 1.82) is 0 Å². The third kappa shape index (κ3) is 4.12. The largest absolute Gasteiger partial charge is 0.326 e. The molecule has 5 nitrogen and oxygen atoms in total. The lowest BCUT2D eigenvalue weighted by atomic mass is 10.2. The Morgan fingerprint density at radius 1 is 1.12 bits per heavy atom. The van der Waals surface area contributed by atoms with Crippen molar-refractivity contribution in [3.63, 3.8) is 0 Å². The molecule has 3 rings (SSSR count). The summed E-state index contributed by atoms with van der Waals surface area (Å²) in [7, 11) is 0. The minimum atomic E-state index is -0.197. The number of benzene rings is 1. The Morgan fingerprint density at radius 2 is 1.88 bits per heavy atom. The molecule has 2 amide bonds. The first-order valence-electron chi connectivity index (χ1n) is 7.79. The molecule has 0 fully saturated rings. The average Bonchev–Trinajstić information content (AvgIpc) is 3.24. The van der Waals surface area contributed by atoms with Crippen LogP contribution in [0.25, 0.3) is 9.88 Å². The zero-order valence-electron chi connectivity index (χ0n) is 13.8. The van der Waals surface area contributed by atoms with Crippen LogP contribution in [0.4, 0.5) is 11.4 Å². The highest BCUT2D eigenvalue weighted by molar-refractivity contribution is 7.22. The van der Waals surface area contributed by atoms with Gasteiger partial charge in [-0.2, -0.15) is 0 Å². The lowest BCUT2D eigenvalue weighted by Crippen LogP contribution is -2.13. The molecule has 25 heavy (non-hydrogen) atoms. The fraction of sp³-hybridized carbons (Fsp3) is 0.167. The molecular formula is C18H17N3O2S2. The van der Waals surface area contributed by atoms with E-state index in [9.17, 15) is 9.59 Å². The maximum Gasteiger partial charge on any atom is 0.267 e. The van der Waals surface area contributed by atoms with Gasteiger partial charge in [0.15, 0.2) is 0 Å². The average molecular weight is 371 g/mol. The molecular weight excluding hydrogens is 354 g/mol. The number of thiazole rings is 1. The topological polar surface area (TPSA) is 71.1 Å². The molecule has 2 N–H and O–H groups in total. The van der Waals surface area contributed by atoms with Gasteiger partial charge < -0.3 is 10.6 Å². The van der Waals surface area contributed by atoms with Crippen LogP contribution in [0.2, 0.25) is 0 Å². The summed E-state index contributed by atoms with van der Waals surface area (Å²) in [6.45, 7) is 3.62. The Kier molecular flexibility index (Phi) is 5.25. The van der Waals surface area contributed by atoms with Crippen molar-refractivity contribution in [3.8, 4) is 9.88 Å². The van der Waals surface area contributed by atoms with Crippen LogP contribution in [-0.2, 0) is 4.79 Å². The van der Waals surface area contributed by atoms with E-state index in [0.717, 1.165) is 9.88 Å². The van der Waals surface area contributed by atoms with Crippen molar-refractivity contribution in [2.24, 2.45) is 0 Å². The Labute approximate surface area is 153 Å². The lowest BCUT2D eigenvalue weighted by Gasteiger charge is -2.07. The summed E-state index contributed by atoms with van der Waals surface area (Å²) in [5, 5.41) is 8.49. The Morgan fingerprint density at radius 3 is 2.56 bits per heavy atom. The number of thiophene rings is 1. The molecule has 7 heteroatoms. The van der Waals surface area contributed by atoms with Gasteiger partial charge in [0, 0.05) is 17.8 Å². The first-order chi connectivity index (χ1) is 12.1. The molecule has 3 aromatic rings. The van der Waals surface area contributed by atoms with Gasteiger partial charge in [-0.1, -0.05) is 19.1 Å². The number of carbonyl (C=O) groups excluding carboxylic acids is 2. The molecule has 0 aliphatic rings. The maximum absolute atomic E-state index is 12.6. The van der Waals surface area contributed by atoms with E-state index in [1.165, 1.54) is 11.3 Å². The number of rotatable bonds is 5. The van der Waals surface area contributed by atoms with Crippen molar-refractivity contribution in [2.45, 2.75) is 20.3 Å². The molecule has 0 saturated carbocycles. The molecule has 0 aliphatic carbocycles. The number of hydrogen-bond acceptors (Lipinski definition) is 5. The van der Waals surface area contributed by atoms with Crippen molar-refractivity contribution in [3.05, 3.63) is 52.3 Å². The van der Waals surface area contributed by atoms with E-state index >= 15 is 0 Å². The summed E-state index contributed by atoms with van der Waals surface area (Å²) in [6, 6.07) is 11.1. The first kappa shape index (κ1) is 17.3. The normalized spacial score (nSPS) is 10.5. The first-order valence-corrected chi connectivity index (χ1v) is 9.49. The zero-order valence-corrected chi connectivity index (χ0v) is 15.5. The van der Waals surface area contributed by atoms with Crippen molar-refractivity contribution in [1.82, 2.24) is 4.98 Å². The molecule has 2 aromatic heterocycles. The fourth-order valence-electron chi connectivity index (χ4n) is 2.22. The highest BCUT2D eigenvalue weighted by Crippen LogP contribution is 2.31. The third-order valence-corrected chi connectivity index (χ3v) is 5.66. The number of nitrogens with one attached hydrogen (secondary N) is 2. The van der Waals surface area contributed by atoms with Crippen LogP contribution in [0.5, 0.6) is 0 Å². The molecule has 128 valence electrons. The second kappa shape index (κ2) is 7.58. The number of amides is 2. The molecule has 0 aliphatic heterocycles. The van der Waals surface area contributed by atoms with Crippen LogP contribution < -0.4 is 10.6 Å². The van der Waals surface area contributed by atoms with E-state index < -0.39 is 0 Å². The predicted octanol–water partition coefficient (Wildman–Crippen LogP) is 4.78. The zero-order chi connectivity index (χ0) is 17.8. The van der Waals surface area contributed by atoms with Crippen molar-refractivity contribution in [2.75, 3.05) is 10.6 Å². The summed E-state index contributed by atoms with van der Waals surface area (Å²) < 4.78 is 0. The van der Waals surface area contributed by atoms with Gasteiger partial charge >= 0.3 is 0 Å². The molecule has 0 spiro atoms. The van der Waals surface area contributed by atoms with Gasteiger partial charge in [0.2, 0.25) is 5.91 Å². The van der Waals surface area contributed by atoms with E-state index in [1.54, 1.807) is 42.5 Å². The molecule has 0 unspecified atom stereocenters. The summed E-state index contributed by atoms with van der Waals surface area (Å²) >= 11 is 2.98. The summed E-state index contributed by atoms with van der Waals surface area (Å²) in [6.07, 6.45) is 0.405. The molecule has 0 saturated heterocycles. The van der Waals surface area contributed by atoms with Crippen LogP contribution >= 0.6 is 22.7 Å². The van der Waals surface area contributed by atoms with E-state index in [2.05, 4.69) is 15.6 Å². The van der Waals surface area contributed by atoms with Crippen molar-refractivity contribution < 1.29 is 9.59 Å². The molecule has 0 atom stereocenters. The van der Waals surface area contributed by atoms with Gasteiger partial charge in [-0.3, -0.25) is 9.59 Å². The van der Waals surface area contributed by atoms with E-state index in [0.29, 0.717) is 28.4 Å². The Bertz CT molecular complexity index is 901. The van der Waals surface area contributed by atoms with E-state index in [-0.39, 0.29) is 11.8 Å². The quantitative estimate of drug-likeness (QED) is 0.678. The summed E-state index contributed by atoms with van der Waals surface area (Å²) in [5.41, 5.74) is 2.00. The maximum atomic E-state index is 12.6. The highest BCUT2D eigenvalue weighted by atomic mass is 32.1. The molecule has 2 heterocycles. The Balaban J connectivity index is 1.76. The fourth-order valence-corrected chi connectivity index (χ4v) is 3.98.